The van der Waals surface area contributed by atoms with Crippen LogP contribution in [0, 0.1) is 17.6 Å². The van der Waals surface area contributed by atoms with Crippen LogP contribution in [0.5, 0.6) is 0 Å². The van der Waals surface area contributed by atoms with E-state index < -0.39 is 17.6 Å². The summed E-state index contributed by atoms with van der Waals surface area (Å²) in [6.07, 6.45) is 2.16. The van der Waals surface area contributed by atoms with Crippen LogP contribution in [0.3, 0.4) is 0 Å². The fourth-order valence-electron chi connectivity index (χ4n) is 1.97. The van der Waals surface area contributed by atoms with Crippen LogP contribution in [-0.4, -0.2) is 20.9 Å². The summed E-state index contributed by atoms with van der Waals surface area (Å²) in [5.74, 6) is -2.91. The lowest BCUT2D eigenvalue weighted by atomic mass is 10.1. The lowest BCUT2D eigenvalue weighted by molar-refractivity contribution is 0.0697. The molecule has 1 aromatic carbocycles. The van der Waals surface area contributed by atoms with E-state index in [0.29, 0.717) is 12.5 Å². The van der Waals surface area contributed by atoms with Gasteiger partial charge in [-0.1, -0.05) is 19.9 Å². The Hall–Kier alpha value is -2.24. The summed E-state index contributed by atoms with van der Waals surface area (Å²) >= 11 is 0. The summed E-state index contributed by atoms with van der Waals surface area (Å²) in [5, 5.41) is 13.3. The van der Waals surface area contributed by atoms with Crippen LogP contribution < -0.4 is 0 Å². The van der Waals surface area contributed by atoms with E-state index >= 15 is 0 Å². The molecule has 1 N–H and O–H groups in total. The Morgan fingerprint density at radius 1 is 1.38 bits per heavy atom. The van der Waals surface area contributed by atoms with Crippen LogP contribution in [0.1, 0.15) is 30.6 Å². The van der Waals surface area contributed by atoms with Gasteiger partial charge >= 0.3 is 5.97 Å². The first-order valence-corrected chi connectivity index (χ1v) is 6.65. The molecule has 2 rings (SSSR count). The molecule has 0 fully saturated rings. The number of hydrogen-bond donors (Lipinski definition) is 1. The summed E-state index contributed by atoms with van der Waals surface area (Å²) in [6, 6.07) is 3.63. The molecule has 21 heavy (non-hydrogen) atoms. The van der Waals surface area contributed by atoms with Crippen LogP contribution in [-0.2, 0) is 6.54 Å². The molecule has 1 heterocycles. The van der Waals surface area contributed by atoms with E-state index in [0.717, 1.165) is 12.5 Å². The van der Waals surface area contributed by atoms with Crippen molar-refractivity contribution in [3.63, 3.8) is 0 Å². The molecule has 4 nitrogen and oxygen atoms in total. The molecule has 0 amide bonds. The van der Waals surface area contributed by atoms with E-state index in [9.17, 15) is 18.7 Å². The Morgan fingerprint density at radius 3 is 2.71 bits per heavy atom. The second-order valence-corrected chi connectivity index (χ2v) is 5.24. The maximum atomic E-state index is 13.8. The van der Waals surface area contributed by atoms with Gasteiger partial charge in [-0.3, -0.25) is 4.68 Å². The number of carboxylic acids is 1. The monoisotopic (exact) mass is 294 g/mol. The van der Waals surface area contributed by atoms with Crippen LogP contribution in [0.4, 0.5) is 8.78 Å². The van der Waals surface area contributed by atoms with Crippen molar-refractivity contribution in [2.24, 2.45) is 5.92 Å². The first kappa shape index (κ1) is 15.2. The van der Waals surface area contributed by atoms with Gasteiger partial charge in [-0.15, -0.1) is 0 Å². The highest BCUT2D eigenvalue weighted by atomic mass is 19.2. The van der Waals surface area contributed by atoms with Crippen LogP contribution in [0.25, 0.3) is 11.3 Å². The number of nitrogens with zero attached hydrogens (tertiary/aromatic N) is 2. The topological polar surface area (TPSA) is 55.1 Å². The molecule has 0 atom stereocenters. The van der Waals surface area contributed by atoms with Gasteiger partial charge in [-0.05, 0) is 24.5 Å². The Labute approximate surface area is 121 Å². The molecule has 0 aliphatic heterocycles. The van der Waals surface area contributed by atoms with Crippen molar-refractivity contribution in [1.82, 2.24) is 9.78 Å². The highest BCUT2D eigenvalue weighted by Gasteiger charge is 2.21. The zero-order valence-corrected chi connectivity index (χ0v) is 11.8. The zero-order chi connectivity index (χ0) is 15.6. The van der Waals surface area contributed by atoms with Gasteiger partial charge in [0.1, 0.15) is 11.3 Å². The quantitative estimate of drug-likeness (QED) is 0.917. The maximum Gasteiger partial charge on any atom is 0.339 e. The fourth-order valence-corrected chi connectivity index (χ4v) is 1.97. The smallest absolute Gasteiger partial charge is 0.339 e. The molecule has 0 aliphatic carbocycles. The Bertz CT molecular complexity index is 666. The van der Waals surface area contributed by atoms with Crippen LogP contribution in [0.2, 0.25) is 0 Å². The lowest BCUT2D eigenvalue weighted by Crippen LogP contribution is -2.02. The summed E-state index contributed by atoms with van der Waals surface area (Å²) in [6.45, 7) is 4.60. The Kier molecular flexibility index (Phi) is 4.35. The van der Waals surface area contributed by atoms with Gasteiger partial charge in [0.15, 0.2) is 11.6 Å². The van der Waals surface area contributed by atoms with Crippen molar-refractivity contribution in [3.8, 4) is 11.3 Å². The molecule has 0 radical (unpaired) electrons. The van der Waals surface area contributed by atoms with Crippen molar-refractivity contribution < 1.29 is 18.7 Å². The minimum atomic E-state index is -1.22. The summed E-state index contributed by atoms with van der Waals surface area (Å²) in [7, 11) is 0. The van der Waals surface area contributed by atoms with E-state index in [1.807, 2.05) is 13.8 Å². The number of benzene rings is 1. The van der Waals surface area contributed by atoms with E-state index in [4.69, 9.17) is 0 Å². The van der Waals surface area contributed by atoms with Crippen molar-refractivity contribution in [3.05, 3.63) is 41.6 Å². The van der Waals surface area contributed by atoms with Gasteiger partial charge < -0.3 is 5.11 Å². The molecule has 112 valence electrons. The number of aromatic carboxylic acids is 1. The number of aryl methyl sites for hydroxylation is 1. The molecule has 0 saturated heterocycles. The molecule has 0 saturated carbocycles. The standard InChI is InChI=1S/C15H16F2N2O2/c1-9(2)6-7-19-8-11(15(20)21)14(18-19)10-4-3-5-12(16)13(10)17/h3-5,8-9H,6-7H2,1-2H3,(H,20,21). The molecule has 6 heteroatoms. The highest BCUT2D eigenvalue weighted by Crippen LogP contribution is 2.26. The first-order valence-electron chi connectivity index (χ1n) is 6.65. The average Bonchev–Trinajstić information content (AvgIpc) is 2.84. The average molecular weight is 294 g/mol. The molecule has 0 spiro atoms. The van der Waals surface area contributed by atoms with Crippen LogP contribution in [0.15, 0.2) is 24.4 Å². The van der Waals surface area contributed by atoms with E-state index in [2.05, 4.69) is 5.10 Å². The number of carboxylic acid groups (broad SMARTS) is 1. The largest absolute Gasteiger partial charge is 0.478 e. The highest BCUT2D eigenvalue weighted by molar-refractivity contribution is 5.94. The summed E-state index contributed by atoms with van der Waals surface area (Å²) in [5.41, 5.74) is -0.331. The number of halogens is 2. The molecule has 0 bridgehead atoms. The van der Waals surface area contributed by atoms with Gasteiger partial charge in [0.2, 0.25) is 0 Å². The second kappa shape index (κ2) is 6.03. The van der Waals surface area contributed by atoms with Gasteiger partial charge in [0.25, 0.3) is 0 Å². The third kappa shape index (κ3) is 3.26. The van der Waals surface area contributed by atoms with Crippen molar-refractivity contribution >= 4 is 5.97 Å². The first-order chi connectivity index (χ1) is 9.90. The molecular weight excluding hydrogens is 278 g/mol. The maximum absolute atomic E-state index is 13.8. The van der Waals surface area contributed by atoms with Crippen molar-refractivity contribution in [2.45, 2.75) is 26.8 Å². The zero-order valence-electron chi connectivity index (χ0n) is 11.8. The summed E-state index contributed by atoms with van der Waals surface area (Å²) < 4.78 is 28.6. The van der Waals surface area contributed by atoms with Crippen molar-refractivity contribution in [2.75, 3.05) is 0 Å². The molecular formula is C15H16F2N2O2. The number of rotatable bonds is 5. The SMILES string of the molecule is CC(C)CCn1cc(C(=O)O)c(-c2cccc(F)c2F)n1. The van der Waals surface area contributed by atoms with Gasteiger partial charge in [0.05, 0.1) is 0 Å². The minimum absolute atomic E-state index is 0.0525. The number of hydrogen-bond acceptors (Lipinski definition) is 2. The van der Waals surface area contributed by atoms with Crippen LogP contribution >= 0.6 is 0 Å². The predicted molar refractivity (Wildman–Crippen MR) is 74.0 cm³/mol. The summed E-state index contributed by atoms with van der Waals surface area (Å²) in [4.78, 5) is 11.3. The third-order valence-electron chi connectivity index (χ3n) is 3.13. The molecule has 0 aliphatic rings. The third-order valence-corrected chi connectivity index (χ3v) is 3.13. The Morgan fingerprint density at radius 2 is 2.10 bits per heavy atom. The number of carbonyl (C=O) groups is 1. The number of aromatic nitrogens is 2. The normalized spacial score (nSPS) is 11.1. The van der Waals surface area contributed by atoms with Gasteiger partial charge in [-0.2, -0.15) is 5.10 Å². The fraction of sp³-hybridized carbons (Fsp3) is 0.333. The predicted octanol–water partition coefficient (Wildman–Crippen LogP) is 3.57. The van der Waals surface area contributed by atoms with E-state index in [1.165, 1.54) is 23.0 Å². The second-order valence-electron chi connectivity index (χ2n) is 5.24. The van der Waals surface area contributed by atoms with Gasteiger partial charge in [-0.25, -0.2) is 13.6 Å². The molecule has 1 aromatic heterocycles. The minimum Gasteiger partial charge on any atom is -0.478 e. The molecule has 2 aromatic rings. The van der Waals surface area contributed by atoms with Gasteiger partial charge in [0, 0.05) is 18.3 Å². The van der Waals surface area contributed by atoms with E-state index in [-0.39, 0.29) is 16.8 Å². The molecule has 0 unspecified atom stereocenters. The van der Waals surface area contributed by atoms with Crippen molar-refractivity contribution in [1.29, 1.82) is 0 Å². The van der Waals surface area contributed by atoms with E-state index in [1.54, 1.807) is 0 Å². The Balaban J connectivity index is 2.46. The lowest BCUT2D eigenvalue weighted by Gasteiger charge is -2.04.